The molecule has 0 heterocycles. The van der Waals surface area contributed by atoms with Gasteiger partial charge < -0.3 is 5.21 Å². The van der Waals surface area contributed by atoms with E-state index < -0.39 is 20.1 Å². The molecule has 0 saturated carbocycles. The second-order valence-corrected chi connectivity index (χ2v) is 2.74. The van der Waals surface area contributed by atoms with Crippen LogP contribution in [-0.2, 0) is 0 Å². The summed E-state index contributed by atoms with van der Waals surface area (Å²) in [7, 11) is 0. The van der Waals surface area contributed by atoms with Crippen molar-refractivity contribution in [2.75, 3.05) is 0 Å². The lowest BCUT2D eigenvalue weighted by Gasteiger charge is -1.93. The van der Waals surface area contributed by atoms with E-state index in [2.05, 4.69) is 0 Å². The molecule has 0 aliphatic rings. The molecule has 0 fully saturated rings. The number of halogens is 1. The molecular formula is H2INO6. The van der Waals surface area contributed by atoms with Crippen LogP contribution in [-0.4, -0.2) is 8.64 Å². The molecule has 0 unspecified atom stereocenters. The van der Waals surface area contributed by atoms with E-state index in [1.807, 2.05) is 0 Å². The van der Waals surface area contributed by atoms with Crippen molar-refractivity contribution in [3.8, 4) is 0 Å². The fourth-order valence-corrected chi connectivity index (χ4v) is 0. The Labute approximate surface area is 49.8 Å². The molecule has 0 aliphatic heterocycles. The maximum absolute atomic E-state index is 8.73. The molecule has 0 rings (SSSR count). The summed E-state index contributed by atoms with van der Waals surface area (Å²) < 4.78 is 33.2. The van der Waals surface area contributed by atoms with E-state index in [0.29, 0.717) is 0 Å². The van der Waals surface area contributed by atoms with E-state index in [4.69, 9.17) is 23.9 Å². The highest BCUT2D eigenvalue weighted by Crippen LogP contribution is 1.25. The Hall–Kier alpha value is -0.0300. The van der Waals surface area contributed by atoms with Gasteiger partial charge in [-0.25, -0.2) is 0 Å². The molecule has 0 aliphatic carbocycles. The highest BCUT2D eigenvalue weighted by molar-refractivity contribution is 3.83. The lowest BCUT2D eigenvalue weighted by atomic mass is 13.4. The van der Waals surface area contributed by atoms with Gasteiger partial charge in [0, 0.05) is 3.44 Å². The summed E-state index contributed by atoms with van der Waals surface area (Å²) in [5, 5.41) is 7.89. The fourth-order valence-electron chi connectivity index (χ4n) is 0. The minimum atomic E-state index is -5.69. The third kappa shape index (κ3) is 164000. The van der Waals surface area contributed by atoms with Crippen LogP contribution in [0.15, 0.2) is 5.34 Å². The molecule has 0 bridgehead atoms. The monoisotopic (exact) mass is 239 g/mol. The molecule has 7 nitrogen and oxygen atoms in total. The van der Waals surface area contributed by atoms with Gasteiger partial charge in [-0.15, -0.1) is 4.91 Å². The summed E-state index contributed by atoms with van der Waals surface area (Å²) in [5.41, 5.74) is 0. The Balaban J connectivity index is 0. The van der Waals surface area contributed by atoms with Crippen LogP contribution < -0.4 is 30.4 Å². The van der Waals surface area contributed by atoms with Crippen LogP contribution in [0.4, 0.5) is 0 Å². The quantitative estimate of drug-likeness (QED) is 0.244. The van der Waals surface area contributed by atoms with Crippen molar-refractivity contribution >= 4 is 0 Å². The summed E-state index contributed by atoms with van der Waals surface area (Å²) in [4.78, 5) is 8.11. The molecule has 0 radical (unpaired) electrons. The molecule has 50 valence electrons. The van der Waals surface area contributed by atoms with E-state index >= 15 is 0 Å². The fraction of sp³-hybridized carbons (Fsp3) is 0. The van der Waals surface area contributed by atoms with Crippen molar-refractivity contribution in [2.24, 2.45) is 5.34 Å². The van der Waals surface area contributed by atoms with Crippen LogP contribution in [0.5, 0.6) is 0 Å². The first-order valence-electron chi connectivity index (χ1n) is 1.01. The third-order valence-corrected chi connectivity index (χ3v) is 0. The second-order valence-electron chi connectivity index (χ2n) is 0.478. The summed E-state index contributed by atoms with van der Waals surface area (Å²) in [6, 6.07) is 0. The number of hydrogen-bond acceptors (Lipinski definition) is 6. The van der Waals surface area contributed by atoms with Crippen molar-refractivity contribution in [1.82, 2.24) is 0 Å². The van der Waals surface area contributed by atoms with Crippen LogP contribution >= 0.6 is 0 Å². The predicted molar refractivity (Wildman–Crippen MR) is 9.80 cm³/mol. The van der Waals surface area contributed by atoms with Crippen molar-refractivity contribution in [1.29, 1.82) is 0 Å². The molecule has 8 heavy (non-hydrogen) atoms. The van der Waals surface area contributed by atoms with Crippen molar-refractivity contribution < 1.29 is 39.0 Å². The number of hydrogen-bond donors (Lipinski definition) is 2. The lowest BCUT2D eigenvalue weighted by Crippen LogP contribution is -4.23. The molecule has 0 aromatic rings. The Morgan fingerprint density at radius 1 is 1.38 bits per heavy atom. The SMILES string of the molecule is O=NO.[O-][I+3]([O-])([O-])O. The highest BCUT2D eigenvalue weighted by atomic mass is 127. The first-order valence-corrected chi connectivity index (χ1v) is 4.62. The minimum Gasteiger partial charge on any atom is -0.379 e. The van der Waals surface area contributed by atoms with Crippen LogP contribution in [0.3, 0.4) is 0 Å². The van der Waals surface area contributed by atoms with E-state index in [0.717, 1.165) is 0 Å². The zero-order valence-electron chi connectivity index (χ0n) is 3.35. The molecule has 0 atom stereocenters. The maximum atomic E-state index is 8.73. The Morgan fingerprint density at radius 3 is 1.38 bits per heavy atom. The molecular weight excluding hydrogens is 237 g/mol. The Bertz CT molecular complexity index is 48.0. The lowest BCUT2D eigenvalue weighted by molar-refractivity contribution is -1.92. The average molecular weight is 239 g/mol. The maximum Gasteiger partial charge on any atom is 0.368 e. The summed E-state index contributed by atoms with van der Waals surface area (Å²) >= 11 is -5.69. The van der Waals surface area contributed by atoms with Crippen molar-refractivity contribution in [3.05, 3.63) is 4.91 Å². The van der Waals surface area contributed by atoms with Crippen LogP contribution in [0, 0.1) is 4.91 Å². The zero-order valence-corrected chi connectivity index (χ0v) is 5.51. The zero-order chi connectivity index (χ0) is 7.21. The normalized spacial score (nSPS) is 9.00. The van der Waals surface area contributed by atoms with Gasteiger partial charge in [0.1, 0.15) is 0 Å². The first-order chi connectivity index (χ1) is 3.41. The highest BCUT2D eigenvalue weighted by Gasteiger charge is 2.11. The number of nitrogens with zero attached hydrogens (tertiary/aromatic N) is 1. The van der Waals surface area contributed by atoms with Gasteiger partial charge in [0.25, 0.3) is 0 Å². The predicted octanol–water partition coefficient (Wildman–Crippen LogP) is -6.98. The Kier molecular flexibility index (Phi) is 6.94. The molecule has 2 N–H and O–H groups in total. The van der Waals surface area contributed by atoms with Crippen molar-refractivity contribution in [3.63, 3.8) is 0 Å². The van der Waals surface area contributed by atoms with Gasteiger partial charge in [-0.05, 0) is 0 Å². The molecule has 0 amide bonds. The first kappa shape index (κ1) is 10.9. The van der Waals surface area contributed by atoms with Gasteiger partial charge in [-0.2, -0.15) is 0 Å². The van der Waals surface area contributed by atoms with Gasteiger partial charge in [-0.3, -0.25) is 10.3 Å². The molecule has 0 aromatic carbocycles. The summed E-state index contributed by atoms with van der Waals surface area (Å²) in [6.07, 6.45) is 0. The van der Waals surface area contributed by atoms with E-state index in [1.165, 1.54) is 5.34 Å². The second kappa shape index (κ2) is 5.11. The smallest absolute Gasteiger partial charge is 0.368 e. The molecule has 0 aromatic heterocycles. The van der Waals surface area contributed by atoms with Gasteiger partial charge in [0.15, 0.2) is 5.34 Å². The van der Waals surface area contributed by atoms with Gasteiger partial charge >= 0.3 is 20.1 Å². The van der Waals surface area contributed by atoms with Crippen molar-refractivity contribution in [2.45, 2.75) is 0 Å². The number of rotatable bonds is 0. The summed E-state index contributed by atoms with van der Waals surface area (Å²) in [5.74, 6) is 0. The standard InChI is InChI=1S/HIO4.HNO2/c2-1(3,4)5;2-1-3/h2H;(H,2,3). The Morgan fingerprint density at radius 2 is 1.38 bits per heavy atom. The van der Waals surface area contributed by atoms with Crippen LogP contribution in [0.2, 0.25) is 0 Å². The van der Waals surface area contributed by atoms with E-state index in [1.54, 1.807) is 0 Å². The third-order valence-electron chi connectivity index (χ3n) is 0. The van der Waals surface area contributed by atoms with E-state index in [9.17, 15) is 0 Å². The van der Waals surface area contributed by atoms with Crippen LogP contribution in [0.1, 0.15) is 0 Å². The van der Waals surface area contributed by atoms with Gasteiger partial charge in [-0.1, -0.05) is 0 Å². The summed E-state index contributed by atoms with van der Waals surface area (Å²) in [6.45, 7) is 0. The van der Waals surface area contributed by atoms with Gasteiger partial charge in [0.05, 0.1) is 0 Å². The van der Waals surface area contributed by atoms with Gasteiger partial charge in [0.2, 0.25) is 0 Å². The van der Waals surface area contributed by atoms with Crippen LogP contribution in [0.25, 0.3) is 0 Å². The molecule has 8 heteroatoms. The molecule has 0 spiro atoms. The van der Waals surface area contributed by atoms with E-state index in [-0.39, 0.29) is 0 Å². The topological polar surface area (TPSA) is 139 Å². The molecule has 0 saturated heterocycles. The largest absolute Gasteiger partial charge is 0.379 e. The minimum absolute atomic E-state index is 1.25. The average Bonchev–Trinajstić information content (AvgIpc) is 1.27.